The molecule has 18 heavy (non-hydrogen) atoms. The Balaban J connectivity index is 2.54. The molecule has 1 N–H and O–H groups in total. The van der Waals surface area contributed by atoms with E-state index in [2.05, 4.69) is 10.6 Å². The Hall–Kier alpha value is -1.82. The fourth-order valence-electron chi connectivity index (χ4n) is 1.36. The maximum atomic E-state index is 11.7. The van der Waals surface area contributed by atoms with E-state index in [0.29, 0.717) is 30.5 Å². The summed E-state index contributed by atoms with van der Waals surface area (Å²) >= 11 is 0. The smallest absolute Gasteiger partial charge is 0.215 e. The molecule has 5 heteroatoms. The van der Waals surface area contributed by atoms with Gasteiger partial charge in [-0.3, -0.25) is 0 Å². The van der Waals surface area contributed by atoms with Crippen LogP contribution in [0.3, 0.4) is 0 Å². The number of nitriles is 1. The van der Waals surface area contributed by atoms with Crippen molar-refractivity contribution in [2.24, 2.45) is 0 Å². The van der Waals surface area contributed by atoms with Crippen molar-refractivity contribution in [3.8, 4) is 18.4 Å². The Morgan fingerprint density at radius 3 is 2.50 bits per heavy atom. The molecule has 0 atom stereocenters. The number of terminal acetylenes is 1. The van der Waals surface area contributed by atoms with E-state index in [1.54, 1.807) is 24.3 Å². The lowest BCUT2D eigenvalue weighted by atomic mass is 10.2. The van der Waals surface area contributed by atoms with E-state index >= 15 is 0 Å². The number of unbranched alkanes of at least 4 members (excludes halogenated alkanes) is 1. The summed E-state index contributed by atoms with van der Waals surface area (Å²) < 4.78 is 25.9. The van der Waals surface area contributed by atoms with Gasteiger partial charge in [0.05, 0.1) is 17.4 Å². The fraction of sp³-hybridized carbons (Fsp3) is 0.308. The first-order valence-electron chi connectivity index (χ1n) is 5.47. The second kappa shape index (κ2) is 6.80. The Morgan fingerprint density at radius 2 is 1.94 bits per heavy atom. The summed E-state index contributed by atoms with van der Waals surface area (Å²) in [6, 6.07) is 8.46. The standard InChI is InChI=1S/C13H14N2O2S/c1-2-3-4-9-15-18(16,17)11-13-7-5-12(10-14)6-8-13/h1,5-8,15H,3-4,9,11H2. The van der Waals surface area contributed by atoms with Crippen molar-refractivity contribution in [2.45, 2.75) is 18.6 Å². The van der Waals surface area contributed by atoms with Crippen molar-refractivity contribution in [3.63, 3.8) is 0 Å². The normalized spacial score (nSPS) is 10.6. The molecule has 0 aliphatic carbocycles. The molecule has 0 unspecified atom stereocenters. The zero-order valence-electron chi connectivity index (χ0n) is 9.89. The number of sulfonamides is 1. The Morgan fingerprint density at radius 1 is 1.28 bits per heavy atom. The predicted molar refractivity (Wildman–Crippen MR) is 69.9 cm³/mol. The number of nitrogens with one attached hydrogen (secondary N) is 1. The molecule has 94 valence electrons. The van der Waals surface area contributed by atoms with Crippen LogP contribution < -0.4 is 4.72 Å². The SMILES string of the molecule is C#CCCCNS(=O)(=O)Cc1ccc(C#N)cc1. The van der Waals surface area contributed by atoms with Crippen LogP contribution in [0.5, 0.6) is 0 Å². The van der Waals surface area contributed by atoms with Gasteiger partial charge in [-0.2, -0.15) is 5.26 Å². The number of benzene rings is 1. The average molecular weight is 262 g/mol. The quantitative estimate of drug-likeness (QED) is 0.622. The van der Waals surface area contributed by atoms with Gasteiger partial charge in [0.15, 0.2) is 0 Å². The minimum atomic E-state index is -3.34. The molecule has 0 aliphatic rings. The predicted octanol–water partition coefficient (Wildman–Crippen LogP) is 1.39. The van der Waals surface area contributed by atoms with E-state index in [-0.39, 0.29) is 5.75 Å². The summed E-state index contributed by atoms with van der Waals surface area (Å²) in [7, 11) is -3.34. The molecule has 0 radical (unpaired) electrons. The summed E-state index contributed by atoms with van der Waals surface area (Å²) in [5.74, 6) is 2.36. The fourth-order valence-corrected chi connectivity index (χ4v) is 2.55. The van der Waals surface area contributed by atoms with Gasteiger partial charge in [-0.15, -0.1) is 12.3 Å². The van der Waals surface area contributed by atoms with Gasteiger partial charge in [0, 0.05) is 13.0 Å². The maximum absolute atomic E-state index is 11.7. The molecule has 0 amide bonds. The molecule has 1 aromatic rings. The van der Waals surface area contributed by atoms with Crippen LogP contribution in [0, 0.1) is 23.7 Å². The molecule has 1 rings (SSSR count). The molecule has 0 aliphatic heterocycles. The van der Waals surface area contributed by atoms with Crippen LogP contribution in [0.25, 0.3) is 0 Å². The topological polar surface area (TPSA) is 70.0 Å². The Bertz CT molecular complexity index is 562. The summed E-state index contributed by atoms with van der Waals surface area (Å²) in [4.78, 5) is 0. The lowest BCUT2D eigenvalue weighted by molar-refractivity contribution is 0.579. The Labute approximate surface area is 108 Å². The van der Waals surface area contributed by atoms with Crippen molar-refractivity contribution >= 4 is 10.0 Å². The molecule has 0 spiro atoms. The highest BCUT2D eigenvalue weighted by molar-refractivity contribution is 7.88. The van der Waals surface area contributed by atoms with Crippen LogP contribution in [0.4, 0.5) is 0 Å². The van der Waals surface area contributed by atoms with Gasteiger partial charge in [0.1, 0.15) is 0 Å². The van der Waals surface area contributed by atoms with Crippen LogP contribution in [-0.4, -0.2) is 15.0 Å². The number of hydrogen-bond donors (Lipinski definition) is 1. The molecule has 0 bridgehead atoms. The van der Waals surface area contributed by atoms with Crippen molar-refractivity contribution in [1.29, 1.82) is 5.26 Å². The number of rotatable bonds is 6. The second-order valence-corrected chi connectivity index (χ2v) is 5.58. The van der Waals surface area contributed by atoms with Gasteiger partial charge >= 0.3 is 0 Å². The third-order valence-corrected chi connectivity index (χ3v) is 3.62. The molecule has 0 aromatic heterocycles. The van der Waals surface area contributed by atoms with Crippen LogP contribution in [0.2, 0.25) is 0 Å². The monoisotopic (exact) mass is 262 g/mol. The average Bonchev–Trinajstić information content (AvgIpc) is 2.35. The van der Waals surface area contributed by atoms with E-state index < -0.39 is 10.0 Å². The highest BCUT2D eigenvalue weighted by Gasteiger charge is 2.10. The molecule has 1 aromatic carbocycles. The number of hydrogen-bond acceptors (Lipinski definition) is 3. The van der Waals surface area contributed by atoms with Crippen LogP contribution in [0.15, 0.2) is 24.3 Å². The molecular formula is C13H14N2O2S. The van der Waals surface area contributed by atoms with Gasteiger partial charge in [-0.05, 0) is 24.1 Å². The van der Waals surface area contributed by atoms with Crippen molar-refractivity contribution in [2.75, 3.05) is 6.54 Å². The zero-order valence-corrected chi connectivity index (χ0v) is 10.7. The summed E-state index contributed by atoms with van der Waals surface area (Å²) in [5, 5.41) is 8.63. The zero-order chi connectivity index (χ0) is 13.4. The van der Waals surface area contributed by atoms with Gasteiger partial charge in [-0.25, -0.2) is 13.1 Å². The molecule has 0 heterocycles. The van der Waals surface area contributed by atoms with Crippen molar-refractivity contribution < 1.29 is 8.42 Å². The van der Waals surface area contributed by atoms with Crippen LogP contribution in [-0.2, 0) is 15.8 Å². The lowest BCUT2D eigenvalue weighted by Crippen LogP contribution is -2.26. The highest BCUT2D eigenvalue weighted by atomic mass is 32.2. The first kappa shape index (κ1) is 14.2. The third kappa shape index (κ3) is 5.01. The first-order valence-corrected chi connectivity index (χ1v) is 7.12. The largest absolute Gasteiger partial charge is 0.215 e. The van der Waals surface area contributed by atoms with E-state index in [1.807, 2.05) is 6.07 Å². The first-order chi connectivity index (χ1) is 8.57. The Kier molecular flexibility index (Phi) is 5.38. The van der Waals surface area contributed by atoms with Gasteiger partial charge in [0.25, 0.3) is 0 Å². The van der Waals surface area contributed by atoms with Gasteiger partial charge in [0.2, 0.25) is 10.0 Å². The van der Waals surface area contributed by atoms with E-state index in [4.69, 9.17) is 11.7 Å². The molecular weight excluding hydrogens is 248 g/mol. The van der Waals surface area contributed by atoms with Crippen molar-refractivity contribution in [3.05, 3.63) is 35.4 Å². The molecule has 0 saturated heterocycles. The van der Waals surface area contributed by atoms with Crippen LogP contribution >= 0.6 is 0 Å². The summed E-state index contributed by atoms with van der Waals surface area (Å²) in [5.41, 5.74) is 1.16. The van der Waals surface area contributed by atoms with Crippen LogP contribution in [0.1, 0.15) is 24.0 Å². The molecule has 0 saturated carbocycles. The van der Waals surface area contributed by atoms with Crippen molar-refractivity contribution in [1.82, 2.24) is 4.72 Å². The maximum Gasteiger partial charge on any atom is 0.215 e. The third-order valence-electron chi connectivity index (χ3n) is 2.26. The highest BCUT2D eigenvalue weighted by Crippen LogP contribution is 2.07. The lowest BCUT2D eigenvalue weighted by Gasteiger charge is -2.05. The van der Waals surface area contributed by atoms with E-state index in [0.717, 1.165) is 0 Å². The minimum absolute atomic E-state index is 0.0885. The molecule has 4 nitrogen and oxygen atoms in total. The van der Waals surface area contributed by atoms with Gasteiger partial charge < -0.3 is 0 Å². The summed E-state index contributed by atoms with van der Waals surface area (Å²) in [6.07, 6.45) is 6.26. The van der Waals surface area contributed by atoms with Gasteiger partial charge in [-0.1, -0.05) is 12.1 Å². The number of nitrogens with zero attached hydrogens (tertiary/aromatic N) is 1. The van der Waals surface area contributed by atoms with E-state index in [1.165, 1.54) is 0 Å². The molecule has 0 fully saturated rings. The minimum Gasteiger partial charge on any atom is -0.215 e. The summed E-state index contributed by atoms with van der Waals surface area (Å²) in [6.45, 7) is 0.350. The second-order valence-electron chi connectivity index (χ2n) is 3.77. The van der Waals surface area contributed by atoms with E-state index in [9.17, 15) is 8.42 Å².